The van der Waals surface area contributed by atoms with Crippen molar-refractivity contribution in [2.75, 3.05) is 13.2 Å². The van der Waals surface area contributed by atoms with Crippen LogP contribution in [0.5, 0.6) is 0 Å². The molecule has 1 saturated heterocycles. The molecule has 1 fully saturated rings. The van der Waals surface area contributed by atoms with Crippen LogP contribution in [0.1, 0.15) is 15.9 Å². The van der Waals surface area contributed by atoms with E-state index in [2.05, 4.69) is 10.6 Å². The number of benzene rings is 2. The van der Waals surface area contributed by atoms with Crippen LogP contribution < -0.4 is 10.6 Å². The molecule has 1 aliphatic heterocycles. The molecule has 0 bridgehead atoms. The van der Waals surface area contributed by atoms with Crippen molar-refractivity contribution >= 4 is 5.91 Å². The van der Waals surface area contributed by atoms with Gasteiger partial charge in [-0.3, -0.25) is 4.79 Å². The Morgan fingerprint density at radius 1 is 1.16 bits per heavy atom. The second kappa shape index (κ2) is 8.20. The Kier molecular flexibility index (Phi) is 5.75. The van der Waals surface area contributed by atoms with Gasteiger partial charge in [-0.1, -0.05) is 36.4 Å². The zero-order chi connectivity index (χ0) is 17.6. The smallest absolute Gasteiger partial charge is 0.251 e. The largest absolute Gasteiger partial charge is 0.389 e. The van der Waals surface area contributed by atoms with Gasteiger partial charge in [0, 0.05) is 24.2 Å². The molecule has 1 amide bonds. The SMILES string of the molecule is O=C(NCC1OCC(NCc2ccccc2F)C1O)c1ccccc1. The average molecular weight is 344 g/mol. The molecule has 0 aromatic heterocycles. The van der Waals surface area contributed by atoms with E-state index in [-0.39, 0.29) is 24.3 Å². The van der Waals surface area contributed by atoms with Gasteiger partial charge in [-0.25, -0.2) is 4.39 Å². The van der Waals surface area contributed by atoms with Gasteiger partial charge < -0.3 is 20.5 Å². The Balaban J connectivity index is 1.47. The van der Waals surface area contributed by atoms with Crippen molar-refractivity contribution in [1.82, 2.24) is 10.6 Å². The molecule has 132 valence electrons. The highest BCUT2D eigenvalue weighted by Crippen LogP contribution is 2.15. The summed E-state index contributed by atoms with van der Waals surface area (Å²) in [6, 6.07) is 15.1. The fraction of sp³-hybridized carbons (Fsp3) is 0.316. The fourth-order valence-corrected chi connectivity index (χ4v) is 2.81. The number of rotatable bonds is 6. The van der Waals surface area contributed by atoms with Crippen molar-refractivity contribution in [2.24, 2.45) is 0 Å². The van der Waals surface area contributed by atoms with Gasteiger partial charge in [0.2, 0.25) is 0 Å². The van der Waals surface area contributed by atoms with E-state index in [1.807, 2.05) is 6.07 Å². The quantitative estimate of drug-likeness (QED) is 0.742. The Morgan fingerprint density at radius 2 is 1.88 bits per heavy atom. The fourth-order valence-electron chi connectivity index (χ4n) is 2.81. The summed E-state index contributed by atoms with van der Waals surface area (Å²) >= 11 is 0. The summed E-state index contributed by atoms with van der Waals surface area (Å²) in [6.45, 7) is 0.828. The maximum absolute atomic E-state index is 13.6. The minimum Gasteiger partial charge on any atom is -0.389 e. The van der Waals surface area contributed by atoms with Gasteiger partial charge in [0.1, 0.15) is 11.9 Å². The summed E-state index contributed by atoms with van der Waals surface area (Å²) in [5.74, 6) is -0.491. The molecule has 25 heavy (non-hydrogen) atoms. The summed E-state index contributed by atoms with van der Waals surface area (Å²) in [4.78, 5) is 12.0. The lowest BCUT2D eigenvalue weighted by Gasteiger charge is -2.19. The summed E-state index contributed by atoms with van der Waals surface area (Å²) in [5, 5.41) is 16.2. The third kappa shape index (κ3) is 4.42. The van der Waals surface area contributed by atoms with Gasteiger partial charge in [-0.2, -0.15) is 0 Å². The number of aliphatic hydroxyl groups excluding tert-OH is 1. The van der Waals surface area contributed by atoms with E-state index in [0.717, 1.165) is 0 Å². The summed E-state index contributed by atoms with van der Waals surface area (Å²) in [5.41, 5.74) is 1.10. The lowest BCUT2D eigenvalue weighted by atomic mass is 10.1. The van der Waals surface area contributed by atoms with Crippen molar-refractivity contribution in [1.29, 1.82) is 0 Å². The van der Waals surface area contributed by atoms with E-state index in [1.54, 1.807) is 42.5 Å². The third-order valence-electron chi connectivity index (χ3n) is 4.30. The lowest BCUT2D eigenvalue weighted by Crippen LogP contribution is -2.44. The van der Waals surface area contributed by atoms with Gasteiger partial charge in [0.05, 0.1) is 18.8 Å². The van der Waals surface area contributed by atoms with Gasteiger partial charge in [0.15, 0.2) is 0 Å². The Labute approximate surface area is 145 Å². The van der Waals surface area contributed by atoms with Crippen molar-refractivity contribution in [2.45, 2.75) is 24.8 Å². The molecule has 6 heteroatoms. The zero-order valence-electron chi connectivity index (χ0n) is 13.7. The second-order valence-electron chi connectivity index (χ2n) is 6.02. The average Bonchev–Trinajstić information content (AvgIpc) is 2.99. The molecule has 1 heterocycles. The summed E-state index contributed by atoms with van der Waals surface area (Å²) in [6.07, 6.45) is -1.27. The molecule has 3 unspecified atom stereocenters. The number of hydrogen-bond acceptors (Lipinski definition) is 4. The van der Waals surface area contributed by atoms with Gasteiger partial charge in [-0.05, 0) is 18.2 Å². The first-order valence-corrected chi connectivity index (χ1v) is 8.25. The monoisotopic (exact) mass is 344 g/mol. The topological polar surface area (TPSA) is 70.6 Å². The Bertz CT molecular complexity index is 711. The highest BCUT2D eigenvalue weighted by Gasteiger charge is 2.35. The number of aliphatic hydroxyl groups is 1. The molecule has 2 aromatic carbocycles. The highest BCUT2D eigenvalue weighted by atomic mass is 19.1. The standard InChI is InChI=1S/C19H21FN2O3/c20-15-9-5-4-8-14(15)10-21-16-12-25-17(18(16)23)11-22-19(24)13-6-2-1-3-7-13/h1-9,16-18,21,23H,10-12H2,(H,22,24). The van der Waals surface area contributed by atoms with E-state index in [0.29, 0.717) is 24.3 Å². The molecule has 3 atom stereocenters. The van der Waals surface area contributed by atoms with E-state index in [4.69, 9.17) is 4.74 Å². The maximum atomic E-state index is 13.6. The molecule has 0 spiro atoms. The molecule has 0 aliphatic carbocycles. The number of halogens is 1. The molecular formula is C19H21FN2O3. The summed E-state index contributed by atoms with van der Waals surface area (Å²) < 4.78 is 19.2. The van der Waals surface area contributed by atoms with E-state index in [1.165, 1.54) is 6.07 Å². The van der Waals surface area contributed by atoms with Crippen LogP contribution in [0.3, 0.4) is 0 Å². The normalized spacial score (nSPS) is 22.7. The van der Waals surface area contributed by atoms with Gasteiger partial charge in [-0.15, -0.1) is 0 Å². The Hall–Kier alpha value is -2.28. The molecule has 0 radical (unpaired) electrons. The van der Waals surface area contributed by atoms with Crippen LogP contribution in [0.25, 0.3) is 0 Å². The predicted octanol–water partition coefficient (Wildman–Crippen LogP) is 1.47. The van der Waals surface area contributed by atoms with Crippen LogP contribution in [0, 0.1) is 5.82 Å². The summed E-state index contributed by atoms with van der Waals surface area (Å²) in [7, 11) is 0. The first kappa shape index (κ1) is 17.5. The number of ether oxygens (including phenoxy) is 1. The third-order valence-corrected chi connectivity index (χ3v) is 4.30. The molecular weight excluding hydrogens is 323 g/mol. The lowest BCUT2D eigenvalue weighted by molar-refractivity contribution is 0.0398. The first-order chi connectivity index (χ1) is 12.1. The van der Waals surface area contributed by atoms with Crippen LogP contribution in [0.2, 0.25) is 0 Å². The van der Waals surface area contributed by atoms with E-state index in [9.17, 15) is 14.3 Å². The van der Waals surface area contributed by atoms with Crippen molar-refractivity contribution < 1.29 is 19.0 Å². The second-order valence-corrected chi connectivity index (χ2v) is 6.02. The number of hydrogen-bond donors (Lipinski definition) is 3. The van der Waals surface area contributed by atoms with Crippen molar-refractivity contribution in [3.8, 4) is 0 Å². The first-order valence-electron chi connectivity index (χ1n) is 8.25. The van der Waals surface area contributed by atoms with Crippen LogP contribution in [-0.2, 0) is 11.3 Å². The van der Waals surface area contributed by atoms with Crippen LogP contribution in [0.15, 0.2) is 54.6 Å². The molecule has 3 N–H and O–H groups in total. The van der Waals surface area contributed by atoms with Crippen molar-refractivity contribution in [3.05, 3.63) is 71.5 Å². The number of carbonyl (C=O) groups is 1. The molecule has 3 rings (SSSR count). The van der Waals surface area contributed by atoms with E-state index < -0.39 is 12.2 Å². The minimum atomic E-state index is -0.775. The molecule has 0 saturated carbocycles. The van der Waals surface area contributed by atoms with Gasteiger partial charge >= 0.3 is 0 Å². The van der Waals surface area contributed by atoms with Crippen molar-refractivity contribution in [3.63, 3.8) is 0 Å². The number of amides is 1. The zero-order valence-corrected chi connectivity index (χ0v) is 13.7. The predicted molar refractivity (Wildman–Crippen MR) is 91.5 cm³/mol. The number of carbonyl (C=O) groups excluding carboxylic acids is 1. The van der Waals surface area contributed by atoms with Gasteiger partial charge in [0.25, 0.3) is 5.91 Å². The Morgan fingerprint density at radius 3 is 2.64 bits per heavy atom. The van der Waals surface area contributed by atoms with Crippen LogP contribution in [-0.4, -0.2) is 42.4 Å². The maximum Gasteiger partial charge on any atom is 0.251 e. The minimum absolute atomic E-state index is 0.209. The molecule has 1 aliphatic rings. The molecule has 2 aromatic rings. The molecule has 5 nitrogen and oxygen atoms in total. The van der Waals surface area contributed by atoms with E-state index >= 15 is 0 Å². The van der Waals surface area contributed by atoms with Crippen LogP contribution in [0.4, 0.5) is 4.39 Å². The highest BCUT2D eigenvalue weighted by molar-refractivity contribution is 5.94. The van der Waals surface area contributed by atoms with Crippen LogP contribution >= 0.6 is 0 Å². The number of nitrogens with one attached hydrogen (secondary N) is 2.